The maximum atomic E-state index is 12.0. The number of hydrogen-bond acceptors (Lipinski definition) is 5. The molecule has 1 fully saturated rings. The van der Waals surface area contributed by atoms with Crippen molar-refractivity contribution in [3.05, 3.63) is 18.2 Å². The van der Waals surface area contributed by atoms with Crippen molar-refractivity contribution in [1.29, 1.82) is 0 Å². The highest BCUT2D eigenvalue weighted by Gasteiger charge is 2.45. The molecule has 144 valence electrons. The number of methoxy groups -OCH3 is 1. The Morgan fingerprint density at radius 1 is 1.24 bits per heavy atom. The van der Waals surface area contributed by atoms with Gasteiger partial charge in [-0.1, -0.05) is 13.8 Å². The molecule has 0 spiro atoms. The Bertz CT molecular complexity index is 550. The molecule has 0 bridgehead atoms. The Hall–Kier alpha value is -1.21. The minimum atomic E-state index is -0.691. The first-order valence-electron chi connectivity index (χ1n) is 8.16. The molecule has 1 amide bonds. The number of anilines is 1. The average Bonchev–Trinajstić information content (AvgIpc) is 3.31. The van der Waals surface area contributed by atoms with Crippen molar-refractivity contribution in [2.45, 2.75) is 32.2 Å². The quantitative estimate of drug-likeness (QED) is 0.674. The van der Waals surface area contributed by atoms with Crippen LogP contribution in [0, 0.1) is 0 Å². The number of carbonyl (C=O) groups excluding carboxylic acids is 1. The molecule has 0 heterocycles. The highest BCUT2D eigenvalue weighted by molar-refractivity contribution is 6.00. The number of benzene rings is 1. The van der Waals surface area contributed by atoms with Crippen LogP contribution in [0.5, 0.6) is 11.5 Å². The molecule has 0 atom stereocenters. The number of nitrogens with zero attached hydrogens (tertiary/aromatic N) is 1. The Balaban J connectivity index is 0.00000288. The lowest BCUT2D eigenvalue weighted by Crippen LogP contribution is -2.37. The van der Waals surface area contributed by atoms with Gasteiger partial charge in [0, 0.05) is 18.3 Å². The largest absolute Gasteiger partial charge is 0.493 e. The number of ether oxygens (including phenoxy) is 2. The summed E-state index contributed by atoms with van der Waals surface area (Å²) in [6.07, 6.45) is 1.48. The maximum Gasteiger partial charge on any atom is 0.244 e. The third-order valence-electron chi connectivity index (χ3n) is 4.22. The predicted octanol–water partition coefficient (Wildman–Crippen LogP) is 2.69. The second-order valence-corrected chi connectivity index (χ2v) is 5.85. The molecule has 1 aromatic carbocycles. The summed E-state index contributed by atoms with van der Waals surface area (Å²) in [7, 11) is 1.60. The summed E-state index contributed by atoms with van der Waals surface area (Å²) in [5.41, 5.74) is 5.88. The van der Waals surface area contributed by atoms with Gasteiger partial charge in [0.05, 0.1) is 12.6 Å². The number of nitrogens with two attached hydrogens (primary N) is 1. The van der Waals surface area contributed by atoms with E-state index < -0.39 is 5.54 Å². The first-order chi connectivity index (χ1) is 11.0. The Morgan fingerprint density at radius 3 is 2.40 bits per heavy atom. The molecule has 1 aromatic rings. The summed E-state index contributed by atoms with van der Waals surface area (Å²) < 4.78 is 11.2. The van der Waals surface area contributed by atoms with Gasteiger partial charge in [0.1, 0.15) is 6.61 Å². The molecule has 1 aliphatic rings. The molecule has 0 radical (unpaired) electrons. The number of hydrogen-bond donors (Lipinski definition) is 2. The lowest BCUT2D eigenvalue weighted by molar-refractivity contribution is -0.118. The van der Waals surface area contributed by atoms with Crippen LogP contribution in [0.25, 0.3) is 0 Å². The summed E-state index contributed by atoms with van der Waals surface area (Å²) in [5, 5.41) is 2.85. The minimum absolute atomic E-state index is 0. The molecule has 8 heteroatoms. The van der Waals surface area contributed by atoms with Crippen LogP contribution in [0.1, 0.15) is 26.7 Å². The normalized spacial score (nSPS) is 14.1. The van der Waals surface area contributed by atoms with E-state index in [0.717, 1.165) is 32.5 Å². The van der Waals surface area contributed by atoms with E-state index in [-0.39, 0.29) is 30.7 Å². The van der Waals surface area contributed by atoms with Gasteiger partial charge in [0.25, 0.3) is 0 Å². The fourth-order valence-electron chi connectivity index (χ4n) is 2.31. The second-order valence-electron chi connectivity index (χ2n) is 5.85. The van der Waals surface area contributed by atoms with Gasteiger partial charge in [0.15, 0.2) is 11.5 Å². The first kappa shape index (κ1) is 23.8. The lowest BCUT2D eigenvalue weighted by Gasteiger charge is -2.19. The zero-order chi connectivity index (χ0) is 16.9. The van der Waals surface area contributed by atoms with Gasteiger partial charge in [-0.2, -0.15) is 0 Å². The molecule has 2 rings (SSSR count). The van der Waals surface area contributed by atoms with E-state index in [1.807, 2.05) is 0 Å². The smallest absolute Gasteiger partial charge is 0.244 e. The number of carbonyl (C=O) groups is 1. The third-order valence-corrected chi connectivity index (χ3v) is 4.22. The topological polar surface area (TPSA) is 76.8 Å². The van der Waals surface area contributed by atoms with Crippen LogP contribution in [0.3, 0.4) is 0 Å². The number of rotatable bonds is 9. The van der Waals surface area contributed by atoms with Crippen molar-refractivity contribution < 1.29 is 14.3 Å². The van der Waals surface area contributed by atoms with E-state index in [9.17, 15) is 4.79 Å². The summed E-state index contributed by atoms with van der Waals surface area (Å²) in [5.74, 6) is 1.13. The molecule has 1 aliphatic carbocycles. The molecule has 0 aliphatic heterocycles. The van der Waals surface area contributed by atoms with Crippen LogP contribution in [-0.2, 0) is 4.79 Å². The van der Waals surface area contributed by atoms with E-state index in [0.29, 0.717) is 23.8 Å². The summed E-state index contributed by atoms with van der Waals surface area (Å²) in [4.78, 5) is 14.3. The molecule has 0 aromatic heterocycles. The SMILES string of the molecule is CCN(CC)CCOc1cc(NC(=O)C2(N)CC2)ccc1OC.Cl.Cl. The van der Waals surface area contributed by atoms with Crippen LogP contribution in [0.15, 0.2) is 18.2 Å². The van der Waals surface area contributed by atoms with Crippen LogP contribution in [0.4, 0.5) is 5.69 Å². The van der Waals surface area contributed by atoms with E-state index in [4.69, 9.17) is 15.2 Å². The molecule has 1 saturated carbocycles. The van der Waals surface area contributed by atoms with Gasteiger partial charge in [-0.15, -0.1) is 24.8 Å². The lowest BCUT2D eigenvalue weighted by atomic mass is 10.2. The van der Waals surface area contributed by atoms with E-state index in [1.54, 1.807) is 25.3 Å². The van der Waals surface area contributed by atoms with E-state index in [1.165, 1.54) is 0 Å². The summed E-state index contributed by atoms with van der Waals surface area (Å²) in [6.45, 7) is 7.65. The van der Waals surface area contributed by atoms with Gasteiger partial charge in [-0.3, -0.25) is 4.79 Å². The molecular formula is C17H29Cl2N3O3. The Labute approximate surface area is 162 Å². The predicted molar refractivity (Wildman–Crippen MR) is 106 cm³/mol. The number of nitrogens with one attached hydrogen (secondary N) is 1. The van der Waals surface area contributed by atoms with Gasteiger partial charge >= 0.3 is 0 Å². The Kier molecular flexibility index (Phi) is 10.2. The number of amides is 1. The zero-order valence-electron chi connectivity index (χ0n) is 15.0. The highest BCUT2D eigenvalue weighted by Crippen LogP contribution is 2.35. The maximum absolute atomic E-state index is 12.0. The molecule has 6 nitrogen and oxygen atoms in total. The monoisotopic (exact) mass is 393 g/mol. The van der Waals surface area contributed by atoms with E-state index in [2.05, 4.69) is 24.1 Å². The van der Waals surface area contributed by atoms with Crippen LogP contribution >= 0.6 is 24.8 Å². The van der Waals surface area contributed by atoms with Crippen molar-refractivity contribution in [3.8, 4) is 11.5 Å². The zero-order valence-corrected chi connectivity index (χ0v) is 16.7. The molecule has 25 heavy (non-hydrogen) atoms. The van der Waals surface area contributed by atoms with Crippen molar-refractivity contribution >= 4 is 36.4 Å². The number of likely N-dealkylation sites (N-methyl/N-ethyl adjacent to an activating group) is 1. The van der Waals surface area contributed by atoms with Gasteiger partial charge in [-0.25, -0.2) is 0 Å². The van der Waals surface area contributed by atoms with Gasteiger partial charge in [-0.05, 0) is 38.1 Å². The third kappa shape index (κ3) is 6.55. The van der Waals surface area contributed by atoms with Crippen molar-refractivity contribution in [2.24, 2.45) is 5.73 Å². The molecule has 3 N–H and O–H groups in total. The van der Waals surface area contributed by atoms with Crippen molar-refractivity contribution in [3.63, 3.8) is 0 Å². The second kappa shape index (κ2) is 10.7. The van der Waals surface area contributed by atoms with Gasteiger partial charge in [0.2, 0.25) is 5.91 Å². The van der Waals surface area contributed by atoms with Crippen LogP contribution in [-0.4, -0.2) is 49.7 Å². The van der Waals surface area contributed by atoms with E-state index >= 15 is 0 Å². The fourth-order valence-corrected chi connectivity index (χ4v) is 2.31. The summed E-state index contributed by atoms with van der Waals surface area (Å²) in [6, 6.07) is 5.36. The fraction of sp³-hybridized carbons (Fsp3) is 0.588. The number of halogens is 2. The Morgan fingerprint density at radius 2 is 1.88 bits per heavy atom. The standard InChI is InChI=1S/C17H27N3O3.2ClH/c1-4-20(5-2)10-11-23-15-12-13(6-7-14(15)22-3)19-16(21)17(18)8-9-17;;/h6-7,12H,4-5,8-11,18H2,1-3H3,(H,19,21);2*1H. The van der Waals surface area contributed by atoms with Crippen LogP contribution in [0.2, 0.25) is 0 Å². The molecular weight excluding hydrogens is 365 g/mol. The van der Waals surface area contributed by atoms with Crippen LogP contribution < -0.4 is 20.5 Å². The highest BCUT2D eigenvalue weighted by atomic mass is 35.5. The molecule has 0 saturated heterocycles. The average molecular weight is 394 g/mol. The van der Waals surface area contributed by atoms with Crippen molar-refractivity contribution in [1.82, 2.24) is 4.90 Å². The summed E-state index contributed by atoms with van der Waals surface area (Å²) >= 11 is 0. The van der Waals surface area contributed by atoms with Crippen molar-refractivity contribution in [2.75, 3.05) is 38.7 Å². The first-order valence-corrected chi connectivity index (χ1v) is 8.16. The molecule has 0 unspecified atom stereocenters. The van der Waals surface area contributed by atoms with Gasteiger partial charge < -0.3 is 25.4 Å². The minimum Gasteiger partial charge on any atom is -0.493 e.